The number of aromatic nitrogens is 3. The van der Waals surface area contributed by atoms with Gasteiger partial charge in [0.05, 0.1) is 5.69 Å². The van der Waals surface area contributed by atoms with Crippen LogP contribution in [0.2, 0.25) is 0 Å². The van der Waals surface area contributed by atoms with Gasteiger partial charge in [0.2, 0.25) is 0 Å². The van der Waals surface area contributed by atoms with Gasteiger partial charge in [-0.1, -0.05) is 0 Å². The van der Waals surface area contributed by atoms with E-state index in [-0.39, 0.29) is 5.56 Å². The molecule has 0 amide bonds. The highest BCUT2D eigenvalue weighted by Gasteiger charge is 2.18. The molecule has 0 aliphatic heterocycles. The minimum atomic E-state index is -0.0782. The lowest BCUT2D eigenvalue weighted by Gasteiger charge is -2.03. The van der Waals surface area contributed by atoms with Gasteiger partial charge in [-0.25, -0.2) is 4.52 Å². The van der Waals surface area contributed by atoms with Gasteiger partial charge in [0, 0.05) is 11.8 Å². The van der Waals surface area contributed by atoms with E-state index in [1.54, 1.807) is 16.8 Å². The van der Waals surface area contributed by atoms with Gasteiger partial charge >= 0.3 is 0 Å². The molecular formula is C10H9N3O. The highest BCUT2D eigenvalue weighted by molar-refractivity contribution is 5.40. The van der Waals surface area contributed by atoms with Crippen LogP contribution in [0.4, 0.5) is 0 Å². The van der Waals surface area contributed by atoms with Crippen molar-refractivity contribution < 1.29 is 0 Å². The summed E-state index contributed by atoms with van der Waals surface area (Å²) in [7, 11) is 0. The van der Waals surface area contributed by atoms with Crippen molar-refractivity contribution in [2.45, 2.75) is 19.3 Å². The standard InChI is InChI=1S/C10H9N3O/c14-10-7-3-1-4-8(7)13-9(12-10)5-2-6-11-13/h2,5-6H,1,3-4H2. The Kier molecular flexibility index (Phi) is 1.45. The summed E-state index contributed by atoms with van der Waals surface area (Å²) in [5.41, 5.74) is 2.46. The lowest BCUT2D eigenvalue weighted by molar-refractivity contribution is 0.815. The molecule has 1 aliphatic carbocycles. The smallest absolute Gasteiger partial charge is 0.267 e. The molecule has 0 N–H and O–H groups in total. The molecule has 0 saturated heterocycles. The summed E-state index contributed by atoms with van der Waals surface area (Å²) < 4.78 is 1.78. The molecule has 0 aromatic carbocycles. The van der Waals surface area contributed by atoms with Crippen LogP contribution in [-0.4, -0.2) is 14.6 Å². The van der Waals surface area contributed by atoms with Crippen LogP contribution >= 0.6 is 0 Å². The summed E-state index contributed by atoms with van der Waals surface area (Å²) in [4.78, 5) is 15.6. The second-order valence-corrected chi connectivity index (χ2v) is 3.49. The van der Waals surface area contributed by atoms with Gasteiger partial charge in [0.25, 0.3) is 5.56 Å². The van der Waals surface area contributed by atoms with E-state index >= 15 is 0 Å². The van der Waals surface area contributed by atoms with Crippen molar-refractivity contribution in [2.24, 2.45) is 0 Å². The minimum absolute atomic E-state index is 0.0782. The van der Waals surface area contributed by atoms with Crippen molar-refractivity contribution in [1.82, 2.24) is 14.6 Å². The molecule has 14 heavy (non-hydrogen) atoms. The zero-order valence-corrected chi connectivity index (χ0v) is 7.60. The molecular weight excluding hydrogens is 178 g/mol. The van der Waals surface area contributed by atoms with Crippen LogP contribution in [0.25, 0.3) is 5.65 Å². The molecule has 2 aromatic rings. The minimum Gasteiger partial charge on any atom is -0.267 e. The Bertz CT molecular complexity index is 559. The Labute approximate surface area is 80.2 Å². The second kappa shape index (κ2) is 2.64. The molecule has 0 unspecified atom stereocenters. The Hall–Kier alpha value is -1.71. The van der Waals surface area contributed by atoms with Crippen LogP contribution in [0.5, 0.6) is 0 Å². The molecule has 70 valence electrons. The van der Waals surface area contributed by atoms with Gasteiger partial charge in [0.15, 0.2) is 5.65 Å². The average Bonchev–Trinajstić information content (AvgIpc) is 2.67. The molecule has 0 saturated carbocycles. The lowest BCUT2D eigenvalue weighted by atomic mass is 10.2. The number of rotatable bonds is 0. The predicted octanol–water partition coefficient (Wildman–Crippen LogP) is 0.578. The van der Waals surface area contributed by atoms with Crippen LogP contribution in [0.3, 0.4) is 0 Å². The van der Waals surface area contributed by atoms with Gasteiger partial charge in [-0.05, 0) is 31.4 Å². The molecule has 4 nitrogen and oxygen atoms in total. The second-order valence-electron chi connectivity index (χ2n) is 3.49. The fraction of sp³-hybridized carbons (Fsp3) is 0.300. The van der Waals surface area contributed by atoms with E-state index in [9.17, 15) is 4.79 Å². The topological polar surface area (TPSA) is 47.3 Å². The summed E-state index contributed by atoms with van der Waals surface area (Å²) in [6, 6.07) is 3.61. The van der Waals surface area contributed by atoms with Crippen LogP contribution in [-0.2, 0) is 12.8 Å². The molecule has 0 spiro atoms. The molecule has 0 atom stereocenters. The van der Waals surface area contributed by atoms with Crippen molar-refractivity contribution in [2.75, 3.05) is 0 Å². The summed E-state index contributed by atoms with van der Waals surface area (Å²) in [5.74, 6) is 0. The zero-order chi connectivity index (χ0) is 9.54. The maximum atomic E-state index is 11.6. The third kappa shape index (κ3) is 0.907. The first kappa shape index (κ1) is 7.67. The van der Waals surface area contributed by atoms with E-state index in [2.05, 4.69) is 10.1 Å². The highest BCUT2D eigenvalue weighted by atomic mass is 16.1. The van der Waals surface area contributed by atoms with E-state index < -0.39 is 0 Å². The van der Waals surface area contributed by atoms with Crippen molar-refractivity contribution >= 4 is 5.65 Å². The number of hydrogen-bond acceptors (Lipinski definition) is 3. The average molecular weight is 187 g/mol. The van der Waals surface area contributed by atoms with E-state index in [0.717, 1.165) is 30.5 Å². The zero-order valence-electron chi connectivity index (χ0n) is 7.60. The first-order valence-electron chi connectivity index (χ1n) is 4.72. The summed E-state index contributed by atoms with van der Waals surface area (Å²) in [6.07, 6.45) is 4.54. The van der Waals surface area contributed by atoms with Crippen molar-refractivity contribution in [3.63, 3.8) is 0 Å². The first-order chi connectivity index (χ1) is 6.86. The van der Waals surface area contributed by atoms with Crippen molar-refractivity contribution in [1.29, 1.82) is 0 Å². The maximum Gasteiger partial charge on any atom is 0.276 e. The Morgan fingerprint density at radius 1 is 1.36 bits per heavy atom. The quantitative estimate of drug-likeness (QED) is 0.606. The van der Waals surface area contributed by atoms with E-state index in [0.29, 0.717) is 5.65 Å². The highest BCUT2D eigenvalue weighted by Crippen LogP contribution is 2.17. The molecule has 0 bridgehead atoms. The number of nitrogens with zero attached hydrogens (tertiary/aromatic N) is 3. The van der Waals surface area contributed by atoms with Gasteiger partial charge in [-0.3, -0.25) is 4.79 Å². The van der Waals surface area contributed by atoms with Crippen molar-refractivity contribution in [3.05, 3.63) is 39.9 Å². The van der Waals surface area contributed by atoms with Gasteiger partial charge < -0.3 is 0 Å². The summed E-state index contributed by atoms with van der Waals surface area (Å²) in [5, 5.41) is 4.21. The molecule has 0 radical (unpaired) electrons. The fourth-order valence-electron chi connectivity index (χ4n) is 2.02. The fourth-order valence-corrected chi connectivity index (χ4v) is 2.02. The Balaban J connectivity index is 2.52. The van der Waals surface area contributed by atoms with Crippen LogP contribution in [0.1, 0.15) is 17.7 Å². The van der Waals surface area contributed by atoms with Crippen LogP contribution in [0.15, 0.2) is 23.1 Å². The first-order valence-corrected chi connectivity index (χ1v) is 4.72. The van der Waals surface area contributed by atoms with E-state index in [4.69, 9.17) is 0 Å². The molecule has 2 heterocycles. The molecule has 4 heteroatoms. The van der Waals surface area contributed by atoms with Crippen LogP contribution in [0, 0.1) is 0 Å². The SMILES string of the molecule is O=c1nc2cccnn2c2c1CCC2. The predicted molar refractivity (Wildman–Crippen MR) is 51.3 cm³/mol. The molecule has 1 aliphatic rings. The Morgan fingerprint density at radius 2 is 2.29 bits per heavy atom. The summed E-state index contributed by atoms with van der Waals surface area (Å²) in [6.45, 7) is 0. The largest absolute Gasteiger partial charge is 0.276 e. The van der Waals surface area contributed by atoms with Gasteiger partial charge in [-0.2, -0.15) is 10.1 Å². The molecule has 0 fully saturated rings. The van der Waals surface area contributed by atoms with Crippen molar-refractivity contribution in [3.8, 4) is 0 Å². The molecule has 3 rings (SSSR count). The monoisotopic (exact) mass is 187 g/mol. The maximum absolute atomic E-state index is 11.6. The normalized spacial score (nSPS) is 14.6. The summed E-state index contributed by atoms with van der Waals surface area (Å²) >= 11 is 0. The van der Waals surface area contributed by atoms with E-state index in [1.807, 2.05) is 6.07 Å². The lowest BCUT2D eigenvalue weighted by Crippen LogP contribution is -2.17. The number of fused-ring (bicyclic) bond motifs is 3. The third-order valence-corrected chi connectivity index (χ3v) is 2.65. The van der Waals surface area contributed by atoms with E-state index in [1.165, 1.54) is 0 Å². The van der Waals surface area contributed by atoms with Gasteiger partial charge in [-0.15, -0.1) is 0 Å². The number of aryl methyl sites for hydroxylation is 1. The molecule has 2 aromatic heterocycles. The third-order valence-electron chi connectivity index (χ3n) is 2.65. The Morgan fingerprint density at radius 3 is 3.21 bits per heavy atom. The number of hydrogen-bond donors (Lipinski definition) is 0. The van der Waals surface area contributed by atoms with Crippen LogP contribution < -0.4 is 5.56 Å². The van der Waals surface area contributed by atoms with Gasteiger partial charge in [0.1, 0.15) is 0 Å².